The number of aryl methyl sites for hydroxylation is 1. The molecule has 3 fully saturated rings. The molecule has 0 bridgehead atoms. The molecule has 1 amide bonds. The van der Waals surface area contributed by atoms with Crippen molar-refractivity contribution in [1.82, 2.24) is 14.9 Å². The molecular formula is C20H31N5O2. The van der Waals surface area contributed by atoms with Crippen LogP contribution in [0.25, 0.3) is 0 Å². The molecule has 27 heavy (non-hydrogen) atoms. The van der Waals surface area contributed by atoms with E-state index in [2.05, 4.69) is 14.9 Å². The topological polar surface area (TPSA) is 84.6 Å². The molecule has 148 valence electrons. The van der Waals surface area contributed by atoms with Crippen LogP contribution < -0.4 is 10.6 Å². The third kappa shape index (κ3) is 3.67. The van der Waals surface area contributed by atoms with Gasteiger partial charge < -0.3 is 20.3 Å². The summed E-state index contributed by atoms with van der Waals surface area (Å²) >= 11 is 0. The van der Waals surface area contributed by atoms with E-state index in [1.165, 1.54) is 0 Å². The first-order valence-electron chi connectivity index (χ1n) is 10.2. The summed E-state index contributed by atoms with van der Waals surface area (Å²) in [7, 11) is 0. The average molecular weight is 374 g/mol. The van der Waals surface area contributed by atoms with E-state index in [9.17, 15) is 4.79 Å². The number of ether oxygens (including phenoxy) is 1. The number of amides is 1. The van der Waals surface area contributed by atoms with E-state index >= 15 is 0 Å². The predicted octanol–water partition coefficient (Wildman–Crippen LogP) is 1.66. The van der Waals surface area contributed by atoms with E-state index in [1.807, 2.05) is 18.7 Å². The Kier molecular flexibility index (Phi) is 5.07. The first-order chi connectivity index (χ1) is 13.0. The number of anilines is 1. The van der Waals surface area contributed by atoms with Gasteiger partial charge in [0.1, 0.15) is 5.82 Å². The van der Waals surface area contributed by atoms with Crippen LogP contribution in [0.1, 0.15) is 54.0 Å². The Balaban J connectivity index is 1.50. The van der Waals surface area contributed by atoms with Gasteiger partial charge in [0.05, 0.1) is 0 Å². The van der Waals surface area contributed by atoms with Crippen LogP contribution in [0.5, 0.6) is 0 Å². The van der Waals surface area contributed by atoms with Gasteiger partial charge in [0.2, 0.25) is 5.82 Å². The van der Waals surface area contributed by atoms with Gasteiger partial charge in [0, 0.05) is 56.7 Å². The predicted molar refractivity (Wildman–Crippen MR) is 104 cm³/mol. The SMILES string of the molecule is Cc1nc(C(=O)N2CCC3(CCOCC3)CC2)nc(N2CC[C@@H](N)C2)c1C. The molecule has 3 saturated heterocycles. The minimum Gasteiger partial charge on any atom is -0.381 e. The van der Waals surface area contributed by atoms with Crippen molar-refractivity contribution in [3.05, 3.63) is 17.1 Å². The molecule has 0 unspecified atom stereocenters. The monoisotopic (exact) mass is 373 g/mol. The Morgan fingerprint density at radius 3 is 2.44 bits per heavy atom. The lowest BCUT2D eigenvalue weighted by molar-refractivity contribution is -0.0177. The van der Waals surface area contributed by atoms with Gasteiger partial charge >= 0.3 is 0 Å². The molecule has 0 saturated carbocycles. The highest BCUT2D eigenvalue weighted by Gasteiger charge is 2.38. The van der Waals surface area contributed by atoms with E-state index in [1.54, 1.807) is 0 Å². The second kappa shape index (κ2) is 7.36. The molecule has 0 aromatic carbocycles. The second-order valence-electron chi connectivity index (χ2n) is 8.48. The van der Waals surface area contributed by atoms with Gasteiger partial charge in [-0.15, -0.1) is 0 Å². The quantitative estimate of drug-likeness (QED) is 0.849. The van der Waals surface area contributed by atoms with Crippen LogP contribution in [0, 0.1) is 19.3 Å². The first kappa shape index (κ1) is 18.6. The van der Waals surface area contributed by atoms with Crippen molar-refractivity contribution >= 4 is 11.7 Å². The van der Waals surface area contributed by atoms with Crippen LogP contribution in [0.15, 0.2) is 0 Å². The Bertz CT molecular complexity index is 707. The summed E-state index contributed by atoms with van der Waals surface area (Å²) in [6, 6.07) is 0.177. The van der Waals surface area contributed by atoms with E-state index < -0.39 is 0 Å². The fourth-order valence-electron chi connectivity index (χ4n) is 4.63. The van der Waals surface area contributed by atoms with Gasteiger partial charge in [0.15, 0.2) is 0 Å². The van der Waals surface area contributed by atoms with E-state index in [4.69, 9.17) is 10.5 Å². The summed E-state index contributed by atoms with van der Waals surface area (Å²) in [5, 5.41) is 0. The molecule has 0 radical (unpaired) electrons. The van der Waals surface area contributed by atoms with Gasteiger partial charge in [0.25, 0.3) is 5.91 Å². The number of piperidine rings is 1. The van der Waals surface area contributed by atoms with E-state index in [0.29, 0.717) is 11.2 Å². The van der Waals surface area contributed by atoms with Gasteiger partial charge in [-0.1, -0.05) is 0 Å². The Labute approximate surface area is 161 Å². The summed E-state index contributed by atoms with van der Waals surface area (Å²) in [5.41, 5.74) is 8.35. The standard InChI is InChI=1S/C20H31N5O2/c1-14-15(2)22-17(23-18(14)25-8-3-16(21)13-25)19(26)24-9-4-20(5-10-24)6-11-27-12-7-20/h16H,3-13,21H2,1-2H3/t16-/m1/s1. The molecule has 3 aliphatic rings. The van der Waals surface area contributed by atoms with Crippen LogP contribution in [0.2, 0.25) is 0 Å². The molecule has 4 heterocycles. The molecular weight excluding hydrogens is 342 g/mol. The Morgan fingerprint density at radius 1 is 1.11 bits per heavy atom. The highest BCUT2D eigenvalue weighted by Crippen LogP contribution is 2.40. The lowest BCUT2D eigenvalue weighted by atomic mass is 9.72. The van der Waals surface area contributed by atoms with Crippen molar-refractivity contribution in [2.24, 2.45) is 11.1 Å². The van der Waals surface area contributed by atoms with Crippen molar-refractivity contribution in [3.8, 4) is 0 Å². The van der Waals surface area contributed by atoms with Crippen molar-refractivity contribution in [3.63, 3.8) is 0 Å². The summed E-state index contributed by atoms with van der Waals surface area (Å²) in [6.45, 7) is 8.96. The molecule has 1 aromatic rings. The molecule has 0 aliphatic carbocycles. The smallest absolute Gasteiger partial charge is 0.291 e. The van der Waals surface area contributed by atoms with Gasteiger partial charge in [-0.3, -0.25) is 4.79 Å². The number of aromatic nitrogens is 2. The summed E-state index contributed by atoms with van der Waals surface area (Å²) in [4.78, 5) is 26.4. The van der Waals surface area contributed by atoms with Gasteiger partial charge in [-0.25, -0.2) is 9.97 Å². The third-order valence-electron chi connectivity index (χ3n) is 6.74. The van der Waals surface area contributed by atoms with Crippen LogP contribution in [-0.2, 0) is 4.74 Å². The number of hydrogen-bond donors (Lipinski definition) is 1. The fourth-order valence-corrected chi connectivity index (χ4v) is 4.63. The lowest BCUT2D eigenvalue weighted by Crippen LogP contribution is -2.45. The molecule has 3 aliphatic heterocycles. The maximum absolute atomic E-state index is 13.1. The van der Waals surface area contributed by atoms with Crippen LogP contribution in [-0.4, -0.2) is 66.2 Å². The first-order valence-corrected chi connectivity index (χ1v) is 10.2. The van der Waals surface area contributed by atoms with Crippen molar-refractivity contribution in [2.75, 3.05) is 44.3 Å². The molecule has 7 nitrogen and oxygen atoms in total. The number of carbonyl (C=O) groups is 1. The molecule has 2 N–H and O–H groups in total. The van der Waals surface area contributed by atoms with Crippen LogP contribution >= 0.6 is 0 Å². The lowest BCUT2D eigenvalue weighted by Gasteiger charge is -2.43. The maximum Gasteiger partial charge on any atom is 0.291 e. The molecule has 7 heteroatoms. The summed E-state index contributed by atoms with van der Waals surface area (Å²) in [5.74, 6) is 1.16. The number of carbonyl (C=O) groups excluding carboxylic acids is 1. The van der Waals surface area contributed by atoms with E-state index in [-0.39, 0.29) is 11.9 Å². The zero-order valence-corrected chi connectivity index (χ0v) is 16.5. The minimum atomic E-state index is -0.0373. The number of nitrogens with zero attached hydrogens (tertiary/aromatic N) is 4. The fraction of sp³-hybridized carbons (Fsp3) is 0.750. The highest BCUT2D eigenvalue weighted by atomic mass is 16.5. The molecule has 1 aromatic heterocycles. The zero-order valence-electron chi connectivity index (χ0n) is 16.5. The number of rotatable bonds is 2. The average Bonchev–Trinajstić information content (AvgIpc) is 3.11. The van der Waals surface area contributed by atoms with Crippen LogP contribution in [0.4, 0.5) is 5.82 Å². The maximum atomic E-state index is 13.1. The van der Waals surface area contributed by atoms with Crippen molar-refractivity contribution in [1.29, 1.82) is 0 Å². The number of likely N-dealkylation sites (tertiary alicyclic amines) is 1. The summed E-state index contributed by atoms with van der Waals surface area (Å²) in [6.07, 6.45) is 5.31. The largest absolute Gasteiger partial charge is 0.381 e. The molecule has 1 atom stereocenters. The Morgan fingerprint density at radius 2 is 1.81 bits per heavy atom. The third-order valence-corrected chi connectivity index (χ3v) is 6.74. The number of hydrogen-bond acceptors (Lipinski definition) is 6. The minimum absolute atomic E-state index is 0.0373. The van der Waals surface area contributed by atoms with E-state index in [0.717, 1.165) is 88.6 Å². The normalized spacial score (nSPS) is 25.2. The van der Waals surface area contributed by atoms with Crippen molar-refractivity contribution < 1.29 is 9.53 Å². The molecule has 4 rings (SSSR count). The van der Waals surface area contributed by atoms with Crippen molar-refractivity contribution in [2.45, 2.75) is 52.0 Å². The van der Waals surface area contributed by atoms with Gasteiger partial charge in [-0.2, -0.15) is 0 Å². The number of nitrogens with two attached hydrogens (primary N) is 1. The second-order valence-corrected chi connectivity index (χ2v) is 8.48. The zero-order chi connectivity index (χ0) is 19.0. The molecule has 1 spiro atoms. The summed E-state index contributed by atoms with van der Waals surface area (Å²) < 4.78 is 5.52. The van der Waals surface area contributed by atoms with Gasteiger partial charge in [-0.05, 0) is 51.4 Å². The van der Waals surface area contributed by atoms with Crippen LogP contribution in [0.3, 0.4) is 0 Å². The Hall–Kier alpha value is -1.73. The highest BCUT2D eigenvalue weighted by molar-refractivity contribution is 5.91.